The van der Waals surface area contributed by atoms with Crippen molar-refractivity contribution in [3.8, 4) is 5.75 Å². The molecule has 1 aromatic carbocycles. The van der Waals surface area contributed by atoms with Crippen molar-refractivity contribution >= 4 is 0 Å². The third kappa shape index (κ3) is 2.99. The highest BCUT2D eigenvalue weighted by Gasteiger charge is 2.01. The van der Waals surface area contributed by atoms with Crippen molar-refractivity contribution in [1.29, 1.82) is 0 Å². The van der Waals surface area contributed by atoms with Crippen molar-refractivity contribution in [3.05, 3.63) is 40.3 Å². The number of azide groups is 1. The molecule has 0 aliphatic heterocycles. The maximum absolute atomic E-state index is 8.25. The molecule has 0 spiro atoms. The Morgan fingerprint density at radius 1 is 1.57 bits per heavy atom. The molecule has 0 aromatic heterocycles. The van der Waals surface area contributed by atoms with Crippen molar-refractivity contribution in [2.24, 2.45) is 5.11 Å². The van der Waals surface area contributed by atoms with Crippen LogP contribution in [-0.2, 0) is 6.42 Å². The molecule has 0 saturated heterocycles. The quantitative estimate of drug-likeness (QED) is 0.410. The van der Waals surface area contributed by atoms with Gasteiger partial charge in [0.25, 0.3) is 0 Å². The van der Waals surface area contributed by atoms with Gasteiger partial charge in [-0.2, -0.15) is 0 Å². The predicted octanol–water partition coefficient (Wildman–Crippen LogP) is 2.94. The first-order valence-corrected chi connectivity index (χ1v) is 4.43. The summed E-state index contributed by atoms with van der Waals surface area (Å²) in [6.07, 6.45) is 0.737. The molecular weight excluding hydrogens is 178 g/mol. The van der Waals surface area contributed by atoms with Crippen molar-refractivity contribution in [2.45, 2.75) is 19.4 Å². The summed E-state index contributed by atoms with van der Waals surface area (Å²) in [5.74, 6) is 0.829. The van der Waals surface area contributed by atoms with Crippen LogP contribution >= 0.6 is 0 Å². The minimum Gasteiger partial charge on any atom is -0.497 e. The van der Waals surface area contributed by atoms with E-state index in [0.717, 1.165) is 17.7 Å². The van der Waals surface area contributed by atoms with E-state index in [2.05, 4.69) is 10.0 Å². The molecule has 0 bridgehead atoms. The minimum absolute atomic E-state index is 0.0212. The monoisotopic (exact) mass is 191 g/mol. The third-order valence-corrected chi connectivity index (χ3v) is 1.91. The Labute approximate surface area is 83.1 Å². The summed E-state index contributed by atoms with van der Waals surface area (Å²) in [5, 5.41) is 3.62. The molecule has 1 atom stereocenters. The van der Waals surface area contributed by atoms with Crippen LogP contribution < -0.4 is 4.74 Å². The Bertz CT molecular complexity index is 345. The first-order valence-electron chi connectivity index (χ1n) is 4.43. The summed E-state index contributed by atoms with van der Waals surface area (Å²) in [5.41, 5.74) is 9.36. The van der Waals surface area contributed by atoms with Gasteiger partial charge in [-0.1, -0.05) is 24.2 Å². The van der Waals surface area contributed by atoms with Gasteiger partial charge in [-0.25, -0.2) is 0 Å². The second-order valence-corrected chi connectivity index (χ2v) is 3.11. The SMILES string of the molecule is COc1cccc(C[C@H](C)N=[N+]=[N-])c1. The van der Waals surface area contributed by atoms with Crippen molar-refractivity contribution in [2.75, 3.05) is 7.11 Å². The van der Waals surface area contributed by atoms with Crippen LogP contribution in [0, 0.1) is 0 Å². The molecule has 0 aliphatic rings. The zero-order valence-electron chi connectivity index (χ0n) is 8.34. The predicted molar refractivity (Wildman–Crippen MR) is 55.3 cm³/mol. The fourth-order valence-electron chi connectivity index (χ4n) is 1.27. The van der Waals surface area contributed by atoms with Gasteiger partial charge in [-0.3, -0.25) is 0 Å². The first kappa shape index (κ1) is 10.4. The molecule has 4 heteroatoms. The average molecular weight is 191 g/mol. The van der Waals surface area contributed by atoms with E-state index in [9.17, 15) is 0 Å². The lowest BCUT2D eigenvalue weighted by molar-refractivity contribution is 0.414. The van der Waals surface area contributed by atoms with E-state index in [1.54, 1.807) is 7.11 Å². The van der Waals surface area contributed by atoms with E-state index in [0.29, 0.717) is 0 Å². The average Bonchev–Trinajstić information content (AvgIpc) is 2.18. The highest BCUT2D eigenvalue weighted by molar-refractivity contribution is 5.28. The van der Waals surface area contributed by atoms with Crippen LogP contribution in [0.25, 0.3) is 10.4 Å². The van der Waals surface area contributed by atoms with Crippen LogP contribution in [0.15, 0.2) is 29.4 Å². The standard InChI is InChI=1S/C10H13N3O/c1-8(12-13-11)6-9-4-3-5-10(7-9)14-2/h3-5,7-8H,6H2,1-2H3/t8-/m0/s1. The lowest BCUT2D eigenvalue weighted by atomic mass is 10.1. The second kappa shape index (κ2) is 5.14. The van der Waals surface area contributed by atoms with Gasteiger partial charge in [0.15, 0.2) is 0 Å². The maximum Gasteiger partial charge on any atom is 0.119 e. The van der Waals surface area contributed by atoms with E-state index in [4.69, 9.17) is 10.3 Å². The molecule has 0 saturated carbocycles. The number of benzene rings is 1. The molecule has 1 aromatic rings. The van der Waals surface area contributed by atoms with Gasteiger partial charge < -0.3 is 4.74 Å². The number of rotatable bonds is 4. The Balaban J connectivity index is 2.71. The summed E-state index contributed by atoms with van der Waals surface area (Å²) in [7, 11) is 1.63. The molecule has 1 rings (SSSR count). The number of methoxy groups -OCH3 is 1. The van der Waals surface area contributed by atoms with Gasteiger partial charge in [0, 0.05) is 11.0 Å². The molecule has 0 aliphatic carbocycles. The fraction of sp³-hybridized carbons (Fsp3) is 0.400. The Kier molecular flexibility index (Phi) is 3.83. The zero-order valence-corrected chi connectivity index (χ0v) is 8.34. The molecule has 0 radical (unpaired) electrons. The van der Waals surface area contributed by atoms with Crippen LogP contribution in [0.2, 0.25) is 0 Å². The maximum atomic E-state index is 8.25. The largest absolute Gasteiger partial charge is 0.497 e. The Morgan fingerprint density at radius 3 is 3.00 bits per heavy atom. The topological polar surface area (TPSA) is 58.0 Å². The third-order valence-electron chi connectivity index (χ3n) is 1.91. The van der Waals surface area contributed by atoms with Gasteiger partial charge in [-0.05, 0) is 29.6 Å². The summed E-state index contributed by atoms with van der Waals surface area (Å²) in [6, 6.07) is 7.74. The highest BCUT2D eigenvalue weighted by Crippen LogP contribution is 2.14. The molecule has 74 valence electrons. The summed E-state index contributed by atoms with van der Waals surface area (Å²) in [6.45, 7) is 1.89. The number of nitrogens with zero attached hydrogens (tertiary/aromatic N) is 3. The van der Waals surface area contributed by atoms with Crippen molar-refractivity contribution < 1.29 is 4.74 Å². The van der Waals surface area contributed by atoms with Crippen molar-refractivity contribution in [1.82, 2.24) is 0 Å². The highest BCUT2D eigenvalue weighted by atomic mass is 16.5. The minimum atomic E-state index is -0.0212. The normalized spacial score (nSPS) is 11.6. The summed E-state index contributed by atoms with van der Waals surface area (Å²) >= 11 is 0. The van der Waals surface area contributed by atoms with Crippen LogP contribution in [0.5, 0.6) is 5.75 Å². The smallest absolute Gasteiger partial charge is 0.119 e. The molecule has 0 amide bonds. The Hall–Kier alpha value is -1.67. The van der Waals surface area contributed by atoms with E-state index in [1.807, 2.05) is 31.2 Å². The van der Waals surface area contributed by atoms with Crippen LogP contribution in [0.1, 0.15) is 12.5 Å². The first-order chi connectivity index (χ1) is 6.76. The van der Waals surface area contributed by atoms with Gasteiger partial charge in [0.2, 0.25) is 0 Å². The van der Waals surface area contributed by atoms with Crippen LogP contribution in [-0.4, -0.2) is 13.2 Å². The summed E-state index contributed by atoms with van der Waals surface area (Å²) in [4.78, 5) is 2.77. The number of ether oxygens (including phenoxy) is 1. The lowest BCUT2D eigenvalue weighted by Gasteiger charge is -2.06. The van der Waals surface area contributed by atoms with Gasteiger partial charge >= 0.3 is 0 Å². The molecule has 4 nitrogen and oxygen atoms in total. The molecule has 0 heterocycles. The Morgan fingerprint density at radius 2 is 2.36 bits per heavy atom. The van der Waals surface area contributed by atoms with Gasteiger partial charge in [0.1, 0.15) is 5.75 Å². The van der Waals surface area contributed by atoms with Crippen LogP contribution in [0.3, 0.4) is 0 Å². The van der Waals surface area contributed by atoms with Crippen molar-refractivity contribution in [3.63, 3.8) is 0 Å². The molecule has 0 unspecified atom stereocenters. The van der Waals surface area contributed by atoms with E-state index in [1.165, 1.54) is 0 Å². The lowest BCUT2D eigenvalue weighted by Crippen LogP contribution is -2.01. The molecular formula is C10H13N3O. The number of hydrogen-bond acceptors (Lipinski definition) is 2. The van der Waals surface area contributed by atoms with E-state index >= 15 is 0 Å². The molecule has 0 N–H and O–H groups in total. The molecule has 0 fully saturated rings. The fourth-order valence-corrected chi connectivity index (χ4v) is 1.27. The zero-order chi connectivity index (χ0) is 10.4. The summed E-state index contributed by atoms with van der Waals surface area (Å²) < 4.78 is 5.09. The van der Waals surface area contributed by atoms with E-state index < -0.39 is 0 Å². The van der Waals surface area contributed by atoms with Crippen LogP contribution in [0.4, 0.5) is 0 Å². The number of hydrogen-bond donors (Lipinski definition) is 0. The van der Waals surface area contributed by atoms with E-state index in [-0.39, 0.29) is 6.04 Å². The van der Waals surface area contributed by atoms with Gasteiger partial charge in [-0.15, -0.1) is 0 Å². The second-order valence-electron chi connectivity index (χ2n) is 3.11. The van der Waals surface area contributed by atoms with Gasteiger partial charge in [0.05, 0.1) is 7.11 Å². The molecule has 14 heavy (non-hydrogen) atoms.